The van der Waals surface area contributed by atoms with Gasteiger partial charge in [-0.15, -0.1) is 0 Å². The number of imidazole rings is 1. The molecule has 0 aliphatic heterocycles. The minimum absolute atomic E-state index is 0.754. The van der Waals surface area contributed by atoms with Gasteiger partial charge in [0.15, 0.2) is 0 Å². The predicted octanol–water partition coefficient (Wildman–Crippen LogP) is 3.43. The van der Waals surface area contributed by atoms with E-state index in [1.54, 1.807) is 12.2 Å². The Morgan fingerprint density at radius 1 is 0.783 bits per heavy atom. The summed E-state index contributed by atoms with van der Waals surface area (Å²) in [5, 5.41) is 0. The lowest BCUT2D eigenvalue weighted by Crippen LogP contribution is -1.83. The van der Waals surface area contributed by atoms with E-state index in [1.165, 1.54) is 12.2 Å². The SMILES string of the molecule is O=CC=Cc1ccc(-c2cn3cc(C=CC=O)ccc3n2)cc1. The average Bonchev–Trinajstić information content (AvgIpc) is 3.01. The summed E-state index contributed by atoms with van der Waals surface area (Å²) in [6.45, 7) is 0. The Morgan fingerprint density at radius 3 is 2.13 bits per heavy atom. The van der Waals surface area contributed by atoms with E-state index in [0.29, 0.717) is 0 Å². The third-order valence-electron chi connectivity index (χ3n) is 3.41. The van der Waals surface area contributed by atoms with Crippen LogP contribution in [0.2, 0.25) is 0 Å². The van der Waals surface area contributed by atoms with Crippen LogP contribution in [0.15, 0.2) is 60.9 Å². The largest absolute Gasteiger partial charge is 0.306 e. The van der Waals surface area contributed by atoms with E-state index in [1.807, 2.05) is 53.2 Å². The molecular formula is C19H14N2O2. The van der Waals surface area contributed by atoms with E-state index < -0.39 is 0 Å². The Bertz CT molecular complexity index is 903. The molecule has 0 N–H and O–H groups in total. The molecule has 0 radical (unpaired) electrons. The first-order valence-corrected chi connectivity index (χ1v) is 7.13. The number of rotatable bonds is 5. The highest BCUT2D eigenvalue weighted by molar-refractivity contribution is 5.75. The molecule has 0 fully saturated rings. The van der Waals surface area contributed by atoms with Crippen molar-refractivity contribution in [3.05, 3.63) is 72.1 Å². The Labute approximate surface area is 133 Å². The predicted molar refractivity (Wildman–Crippen MR) is 90.8 cm³/mol. The third-order valence-corrected chi connectivity index (χ3v) is 3.41. The highest BCUT2D eigenvalue weighted by atomic mass is 16.1. The average molecular weight is 302 g/mol. The Balaban J connectivity index is 1.93. The highest BCUT2D eigenvalue weighted by Crippen LogP contribution is 2.20. The number of carbonyl (C=O) groups is 2. The van der Waals surface area contributed by atoms with E-state index in [0.717, 1.165) is 40.6 Å². The van der Waals surface area contributed by atoms with E-state index in [4.69, 9.17) is 0 Å². The van der Waals surface area contributed by atoms with Crippen molar-refractivity contribution in [2.75, 3.05) is 0 Å². The summed E-state index contributed by atoms with van der Waals surface area (Å²) in [5.74, 6) is 0. The Kier molecular flexibility index (Phi) is 4.25. The van der Waals surface area contributed by atoms with E-state index in [-0.39, 0.29) is 0 Å². The first kappa shape index (κ1) is 14.7. The van der Waals surface area contributed by atoms with Gasteiger partial charge < -0.3 is 4.40 Å². The molecule has 0 saturated heterocycles. The van der Waals surface area contributed by atoms with Crippen LogP contribution in [0.4, 0.5) is 0 Å². The van der Waals surface area contributed by atoms with Crippen molar-refractivity contribution in [2.45, 2.75) is 0 Å². The maximum absolute atomic E-state index is 10.4. The number of nitrogens with zero attached hydrogens (tertiary/aromatic N) is 2. The van der Waals surface area contributed by atoms with Gasteiger partial charge >= 0.3 is 0 Å². The van der Waals surface area contributed by atoms with Crippen LogP contribution in [0.25, 0.3) is 29.1 Å². The van der Waals surface area contributed by atoms with Gasteiger partial charge in [-0.3, -0.25) is 9.59 Å². The van der Waals surface area contributed by atoms with E-state index >= 15 is 0 Å². The van der Waals surface area contributed by atoms with Crippen LogP contribution >= 0.6 is 0 Å². The van der Waals surface area contributed by atoms with Gasteiger partial charge in [-0.1, -0.05) is 36.4 Å². The molecule has 0 aliphatic carbocycles. The number of aldehydes is 2. The lowest BCUT2D eigenvalue weighted by atomic mass is 10.1. The van der Waals surface area contributed by atoms with Crippen molar-refractivity contribution in [1.82, 2.24) is 9.38 Å². The molecule has 0 bridgehead atoms. The standard InChI is InChI=1S/C19H14N2O2/c22-11-1-3-15-5-8-17(9-6-15)18-14-21-13-16(4-2-12-23)7-10-19(21)20-18/h1-14H. The maximum Gasteiger partial charge on any atom is 0.142 e. The number of pyridine rings is 1. The molecule has 0 saturated carbocycles. The zero-order valence-electron chi connectivity index (χ0n) is 12.3. The second-order valence-corrected chi connectivity index (χ2v) is 4.97. The summed E-state index contributed by atoms with van der Waals surface area (Å²) in [6.07, 6.45) is 11.8. The molecule has 2 aromatic heterocycles. The topological polar surface area (TPSA) is 51.4 Å². The molecule has 0 amide bonds. The first-order valence-electron chi connectivity index (χ1n) is 7.13. The van der Waals surface area contributed by atoms with Crippen molar-refractivity contribution in [3.8, 4) is 11.3 Å². The summed E-state index contributed by atoms with van der Waals surface area (Å²) >= 11 is 0. The number of fused-ring (bicyclic) bond motifs is 1. The van der Waals surface area contributed by atoms with Gasteiger partial charge in [0.25, 0.3) is 0 Å². The molecule has 3 aromatic rings. The van der Waals surface area contributed by atoms with Crippen LogP contribution in [0, 0.1) is 0 Å². The summed E-state index contributed by atoms with van der Waals surface area (Å²) in [5.41, 5.74) is 4.61. The summed E-state index contributed by atoms with van der Waals surface area (Å²) in [7, 11) is 0. The molecule has 112 valence electrons. The van der Waals surface area contributed by atoms with Crippen molar-refractivity contribution in [3.63, 3.8) is 0 Å². The van der Waals surface area contributed by atoms with Crippen molar-refractivity contribution in [2.24, 2.45) is 0 Å². The second kappa shape index (κ2) is 6.66. The first-order chi connectivity index (χ1) is 11.3. The van der Waals surface area contributed by atoms with Crippen LogP contribution in [0.1, 0.15) is 11.1 Å². The lowest BCUT2D eigenvalue weighted by Gasteiger charge is -1.97. The van der Waals surface area contributed by atoms with Crippen molar-refractivity contribution in [1.29, 1.82) is 0 Å². The van der Waals surface area contributed by atoms with Crippen LogP contribution in [-0.2, 0) is 9.59 Å². The van der Waals surface area contributed by atoms with Gasteiger partial charge in [-0.2, -0.15) is 0 Å². The number of benzene rings is 1. The second-order valence-electron chi connectivity index (χ2n) is 4.97. The number of carbonyl (C=O) groups excluding carboxylic acids is 2. The highest BCUT2D eigenvalue weighted by Gasteiger charge is 2.04. The molecule has 1 aromatic carbocycles. The van der Waals surface area contributed by atoms with Gasteiger partial charge in [0.2, 0.25) is 0 Å². The van der Waals surface area contributed by atoms with Crippen molar-refractivity contribution < 1.29 is 9.59 Å². The molecule has 0 aliphatic rings. The molecular weight excluding hydrogens is 288 g/mol. The van der Waals surface area contributed by atoms with Gasteiger partial charge in [-0.25, -0.2) is 4.98 Å². The quantitative estimate of drug-likeness (QED) is 0.536. The smallest absolute Gasteiger partial charge is 0.142 e. The zero-order valence-corrected chi connectivity index (χ0v) is 12.3. The molecule has 4 nitrogen and oxygen atoms in total. The van der Waals surface area contributed by atoms with E-state index in [9.17, 15) is 9.59 Å². The van der Waals surface area contributed by atoms with Gasteiger partial charge in [0.1, 0.15) is 18.2 Å². The van der Waals surface area contributed by atoms with E-state index in [2.05, 4.69) is 4.98 Å². The normalized spacial score (nSPS) is 11.5. The lowest BCUT2D eigenvalue weighted by molar-refractivity contribution is -0.104. The molecule has 4 heteroatoms. The fourth-order valence-electron chi connectivity index (χ4n) is 2.31. The fraction of sp³-hybridized carbons (Fsp3) is 0. The monoisotopic (exact) mass is 302 g/mol. The molecule has 2 heterocycles. The number of aromatic nitrogens is 2. The fourth-order valence-corrected chi connectivity index (χ4v) is 2.31. The van der Waals surface area contributed by atoms with Crippen LogP contribution in [0.5, 0.6) is 0 Å². The van der Waals surface area contributed by atoms with Gasteiger partial charge in [0.05, 0.1) is 5.69 Å². The van der Waals surface area contributed by atoms with Crippen molar-refractivity contribution >= 4 is 30.4 Å². The van der Waals surface area contributed by atoms with Crippen LogP contribution in [-0.4, -0.2) is 22.0 Å². The number of allylic oxidation sites excluding steroid dienone is 2. The molecule has 3 rings (SSSR count). The summed E-state index contributed by atoms with van der Waals surface area (Å²) in [6, 6.07) is 11.7. The number of hydrogen-bond donors (Lipinski definition) is 0. The maximum atomic E-state index is 10.4. The Morgan fingerprint density at radius 2 is 1.43 bits per heavy atom. The Hall–Kier alpha value is -3.27. The molecule has 0 unspecified atom stereocenters. The molecule has 23 heavy (non-hydrogen) atoms. The van der Waals surface area contributed by atoms with Gasteiger partial charge in [0, 0.05) is 18.0 Å². The summed E-state index contributed by atoms with van der Waals surface area (Å²) < 4.78 is 1.93. The third kappa shape index (κ3) is 3.32. The minimum Gasteiger partial charge on any atom is -0.306 e. The number of hydrogen-bond acceptors (Lipinski definition) is 3. The van der Waals surface area contributed by atoms with Gasteiger partial charge in [-0.05, 0) is 35.4 Å². The van der Waals surface area contributed by atoms with Crippen LogP contribution in [0.3, 0.4) is 0 Å². The zero-order chi connectivity index (χ0) is 16.1. The van der Waals surface area contributed by atoms with Crippen LogP contribution < -0.4 is 0 Å². The summed E-state index contributed by atoms with van der Waals surface area (Å²) in [4.78, 5) is 25.3. The minimum atomic E-state index is 0.754. The molecule has 0 spiro atoms. The molecule has 0 atom stereocenters.